The number of nitrogens with zero attached hydrogens (tertiary/aromatic N) is 1. The van der Waals surface area contributed by atoms with Crippen molar-refractivity contribution < 1.29 is 9.90 Å². The molecule has 4 nitrogen and oxygen atoms in total. The number of carbonyl (C=O) groups is 1. The van der Waals surface area contributed by atoms with Gasteiger partial charge in [-0.3, -0.25) is 9.69 Å². The first kappa shape index (κ1) is 13.9. The molecule has 1 amide bonds. The number of likely N-dealkylation sites (N-methyl/N-ethyl adjacent to an activating group) is 1. The van der Waals surface area contributed by atoms with Crippen molar-refractivity contribution in [3.8, 4) is 0 Å². The lowest BCUT2D eigenvalue weighted by molar-refractivity contribution is -0.122. The fourth-order valence-corrected chi connectivity index (χ4v) is 3.79. The van der Waals surface area contributed by atoms with Crippen LogP contribution in [0.15, 0.2) is 12.2 Å². The predicted octanol–water partition coefficient (Wildman–Crippen LogP) is 0.477. The normalized spacial score (nSPS) is 31.2. The molecule has 0 spiro atoms. The van der Waals surface area contributed by atoms with Gasteiger partial charge in [-0.25, -0.2) is 0 Å². The third-order valence-corrected chi connectivity index (χ3v) is 4.82. The van der Waals surface area contributed by atoms with Crippen LogP contribution >= 0.6 is 11.8 Å². The average molecular weight is 270 g/mol. The van der Waals surface area contributed by atoms with Crippen LogP contribution in [0.5, 0.6) is 0 Å². The Kier molecular flexibility index (Phi) is 5.09. The van der Waals surface area contributed by atoms with Gasteiger partial charge in [-0.05, 0) is 25.6 Å². The molecule has 1 aliphatic carbocycles. The summed E-state index contributed by atoms with van der Waals surface area (Å²) in [7, 11) is 2.02. The molecule has 0 bridgehead atoms. The first-order valence-electron chi connectivity index (χ1n) is 6.55. The maximum Gasteiger partial charge on any atom is 0.234 e. The Morgan fingerprint density at radius 1 is 1.56 bits per heavy atom. The summed E-state index contributed by atoms with van der Waals surface area (Å²) in [6.07, 6.45) is 5.99. The van der Waals surface area contributed by atoms with E-state index in [0.717, 1.165) is 12.2 Å². The second kappa shape index (κ2) is 6.59. The van der Waals surface area contributed by atoms with Crippen molar-refractivity contribution in [1.29, 1.82) is 0 Å². The molecule has 1 saturated heterocycles. The van der Waals surface area contributed by atoms with E-state index in [1.807, 2.05) is 31.0 Å². The lowest BCUT2D eigenvalue weighted by atomic mass is 10.1. The minimum atomic E-state index is 0.0858. The van der Waals surface area contributed by atoms with Gasteiger partial charge in [0.1, 0.15) is 0 Å². The Morgan fingerprint density at radius 3 is 3.00 bits per heavy atom. The van der Waals surface area contributed by atoms with E-state index in [2.05, 4.69) is 10.2 Å². The number of amides is 1. The summed E-state index contributed by atoms with van der Waals surface area (Å²) < 4.78 is 0. The molecular weight excluding hydrogens is 248 g/mol. The number of rotatable bonds is 5. The van der Waals surface area contributed by atoms with Crippen molar-refractivity contribution in [2.75, 3.05) is 31.7 Å². The Hall–Kier alpha value is -0.520. The monoisotopic (exact) mass is 270 g/mol. The van der Waals surface area contributed by atoms with Crippen molar-refractivity contribution in [3.63, 3.8) is 0 Å². The highest BCUT2D eigenvalue weighted by Gasteiger charge is 2.23. The molecule has 2 rings (SSSR count). The van der Waals surface area contributed by atoms with Gasteiger partial charge in [0, 0.05) is 30.4 Å². The third-order valence-electron chi connectivity index (χ3n) is 3.68. The Labute approximate surface area is 113 Å². The van der Waals surface area contributed by atoms with Crippen LogP contribution < -0.4 is 5.32 Å². The summed E-state index contributed by atoms with van der Waals surface area (Å²) in [5.41, 5.74) is 0. The van der Waals surface area contributed by atoms with Gasteiger partial charge in [0.2, 0.25) is 5.91 Å². The molecule has 1 heterocycles. The van der Waals surface area contributed by atoms with Gasteiger partial charge in [-0.1, -0.05) is 12.2 Å². The molecule has 1 unspecified atom stereocenters. The standard InChI is InChI=1S/C13H22N2O2S/c1-15(12-4-5-18-9-12)7-13(17)14-11-3-2-10(6-11)8-16/h2-3,10-12,16H,4-9H2,1H3,(H,14,17)/t10-,11+,12?/m0/s1. The molecule has 0 saturated carbocycles. The Morgan fingerprint density at radius 2 is 2.39 bits per heavy atom. The fraction of sp³-hybridized carbons (Fsp3) is 0.769. The van der Waals surface area contributed by atoms with Crippen LogP contribution in [0.1, 0.15) is 12.8 Å². The highest BCUT2D eigenvalue weighted by atomic mass is 32.2. The number of hydrogen-bond acceptors (Lipinski definition) is 4. The zero-order valence-corrected chi connectivity index (χ0v) is 11.7. The van der Waals surface area contributed by atoms with E-state index in [1.165, 1.54) is 12.2 Å². The van der Waals surface area contributed by atoms with E-state index in [0.29, 0.717) is 12.6 Å². The van der Waals surface area contributed by atoms with E-state index in [-0.39, 0.29) is 24.5 Å². The molecule has 18 heavy (non-hydrogen) atoms. The molecule has 0 radical (unpaired) electrons. The number of nitrogens with one attached hydrogen (secondary N) is 1. The van der Waals surface area contributed by atoms with E-state index in [4.69, 9.17) is 5.11 Å². The first-order valence-corrected chi connectivity index (χ1v) is 7.71. The van der Waals surface area contributed by atoms with Crippen LogP contribution in [0.25, 0.3) is 0 Å². The minimum absolute atomic E-state index is 0.0858. The Balaban J connectivity index is 1.70. The van der Waals surface area contributed by atoms with Crippen molar-refractivity contribution in [3.05, 3.63) is 12.2 Å². The molecule has 0 aromatic rings. The largest absolute Gasteiger partial charge is 0.396 e. The maximum absolute atomic E-state index is 11.9. The Bertz CT molecular complexity index is 316. The minimum Gasteiger partial charge on any atom is -0.396 e. The van der Waals surface area contributed by atoms with Crippen molar-refractivity contribution in [2.24, 2.45) is 5.92 Å². The van der Waals surface area contributed by atoms with Crippen LogP contribution in [0.3, 0.4) is 0 Å². The predicted molar refractivity (Wildman–Crippen MR) is 74.6 cm³/mol. The summed E-state index contributed by atoms with van der Waals surface area (Å²) >= 11 is 1.96. The highest BCUT2D eigenvalue weighted by Crippen LogP contribution is 2.21. The molecule has 1 fully saturated rings. The maximum atomic E-state index is 11.9. The van der Waals surface area contributed by atoms with Gasteiger partial charge in [0.15, 0.2) is 0 Å². The second-order valence-corrected chi connectivity index (χ2v) is 6.32. The lowest BCUT2D eigenvalue weighted by Gasteiger charge is -2.23. The molecular formula is C13H22N2O2S. The number of carbonyl (C=O) groups excluding carboxylic acids is 1. The van der Waals surface area contributed by atoms with E-state index in [1.54, 1.807) is 0 Å². The number of aliphatic hydroxyl groups is 1. The molecule has 2 aliphatic rings. The quantitative estimate of drug-likeness (QED) is 0.713. The highest BCUT2D eigenvalue weighted by molar-refractivity contribution is 7.99. The molecule has 0 aromatic carbocycles. The SMILES string of the molecule is CN(CC(=O)N[C@@H]1C=C[C@H](CO)C1)C1CCSC1. The fourth-order valence-electron chi connectivity index (χ4n) is 2.49. The van der Waals surface area contributed by atoms with E-state index >= 15 is 0 Å². The van der Waals surface area contributed by atoms with Crippen LogP contribution in [0, 0.1) is 5.92 Å². The van der Waals surface area contributed by atoms with Crippen LogP contribution in [0.2, 0.25) is 0 Å². The van der Waals surface area contributed by atoms with Gasteiger partial charge in [-0.2, -0.15) is 11.8 Å². The summed E-state index contributed by atoms with van der Waals surface area (Å²) in [4.78, 5) is 14.1. The third kappa shape index (κ3) is 3.73. The van der Waals surface area contributed by atoms with E-state index < -0.39 is 0 Å². The zero-order chi connectivity index (χ0) is 13.0. The second-order valence-electron chi connectivity index (χ2n) is 5.17. The lowest BCUT2D eigenvalue weighted by Crippen LogP contribution is -2.43. The summed E-state index contributed by atoms with van der Waals surface area (Å²) in [6, 6.07) is 0.645. The van der Waals surface area contributed by atoms with Crippen molar-refractivity contribution >= 4 is 17.7 Å². The number of thioether (sulfide) groups is 1. The molecule has 3 atom stereocenters. The first-order chi connectivity index (χ1) is 8.69. The number of hydrogen-bond donors (Lipinski definition) is 2. The molecule has 102 valence electrons. The van der Waals surface area contributed by atoms with Gasteiger partial charge in [0.05, 0.1) is 6.54 Å². The van der Waals surface area contributed by atoms with Crippen LogP contribution in [0.4, 0.5) is 0 Å². The number of aliphatic hydroxyl groups excluding tert-OH is 1. The average Bonchev–Trinajstić information content (AvgIpc) is 2.98. The molecule has 5 heteroatoms. The van der Waals surface area contributed by atoms with Crippen LogP contribution in [-0.4, -0.2) is 59.7 Å². The summed E-state index contributed by atoms with van der Waals surface area (Å²) in [5.74, 6) is 2.64. The van der Waals surface area contributed by atoms with Crippen molar-refractivity contribution in [2.45, 2.75) is 24.9 Å². The molecule has 1 aliphatic heterocycles. The molecule has 0 aromatic heterocycles. The van der Waals surface area contributed by atoms with Crippen LogP contribution in [-0.2, 0) is 4.79 Å². The zero-order valence-electron chi connectivity index (χ0n) is 10.8. The van der Waals surface area contributed by atoms with Gasteiger partial charge < -0.3 is 10.4 Å². The topological polar surface area (TPSA) is 52.6 Å². The smallest absolute Gasteiger partial charge is 0.234 e. The summed E-state index contributed by atoms with van der Waals surface area (Å²) in [6.45, 7) is 0.640. The van der Waals surface area contributed by atoms with Gasteiger partial charge >= 0.3 is 0 Å². The summed E-state index contributed by atoms with van der Waals surface area (Å²) in [5, 5.41) is 12.0. The van der Waals surface area contributed by atoms with Crippen molar-refractivity contribution in [1.82, 2.24) is 10.2 Å². The molecule has 2 N–H and O–H groups in total. The van der Waals surface area contributed by atoms with Gasteiger partial charge in [0.25, 0.3) is 0 Å². The van der Waals surface area contributed by atoms with E-state index in [9.17, 15) is 4.79 Å². The van der Waals surface area contributed by atoms with Gasteiger partial charge in [-0.15, -0.1) is 0 Å².